The highest BCUT2D eigenvalue weighted by Gasteiger charge is 2.22. The summed E-state index contributed by atoms with van der Waals surface area (Å²) in [5, 5.41) is 0. The van der Waals surface area contributed by atoms with Crippen LogP contribution < -0.4 is 4.74 Å². The number of esters is 2. The predicted octanol–water partition coefficient (Wildman–Crippen LogP) is 4.72. The van der Waals surface area contributed by atoms with E-state index in [-0.39, 0.29) is 30.6 Å². The van der Waals surface area contributed by atoms with E-state index in [2.05, 4.69) is 19.6 Å². The summed E-state index contributed by atoms with van der Waals surface area (Å²) in [7, 11) is -1.30. The fourth-order valence-electron chi connectivity index (χ4n) is 1.97. The van der Waals surface area contributed by atoms with Crippen LogP contribution in [0.2, 0.25) is 19.6 Å². The Hall–Kier alpha value is -2.08. The minimum absolute atomic E-state index is 0.0999. The maximum atomic E-state index is 12.4. The van der Waals surface area contributed by atoms with Gasteiger partial charge in [-0.25, -0.2) is 9.59 Å². The van der Waals surface area contributed by atoms with Crippen molar-refractivity contribution < 1.29 is 23.8 Å². The molecule has 0 atom stereocenters. The van der Waals surface area contributed by atoms with Crippen LogP contribution in [0.3, 0.4) is 0 Å². The molecule has 6 heteroatoms. The monoisotopic (exact) mass is 406 g/mol. The molecule has 0 saturated carbocycles. The lowest BCUT2D eigenvalue weighted by Crippen LogP contribution is -2.29. The molecule has 0 unspecified atom stereocenters. The third-order valence-electron chi connectivity index (χ3n) is 3.40. The highest BCUT2D eigenvalue weighted by molar-refractivity contribution is 6.76. The standard InChI is InChI=1S/C22H34O5Si/c1-16(2)13-25-21(23)20(22(24)26-14-17(3)4)12-18-8-10-19(11-9-18)27-15-28(5,6)7/h8-12,16-17H,13-15H2,1-7H3. The number of carbonyl (C=O) groups is 2. The minimum Gasteiger partial charge on any atom is -0.497 e. The molecule has 0 aromatic heterocycles. The van der Waals surface area contributed by atoms with Crippen molar-refractivity contribution in [1.82, 2.24) is 0 Å². The van der Waals surface area contributed by atoms with Crippen molar-refractivity contribution in [3.63, 3.8) is 0 Å². The molecule has 156 valence electrons. The molecule has 1 aromatic rings. The molecule has 0 amide bonds. The van der Waals surface area contributed by atoms with Gasteiger partial charge < -0.3 is 14.2 Å². The third-order valence-corrected chi connectivity index (χ3v) is 4.41. The Balaban J connectivity index is 2.96. The van der Waals surface area contributed by atoms with Crippen LogP contribution in [0, 0.1) is 11.8 Å². The summed E-state index contributed by atoms with van der Waals surface area (Å²) in [6.07, 6.45) is 2.24. The molecule has 1 aromatic carbocycles. The lowest BCUT2D eigenvalue weighted by molar-refractivity contribution is -0.148. The van der Waals surface area contributed by atoms with Crippen molar-refractivity contribution in [3.8, 4) is 5.75 Å². The normalized spacial score (nSPS) is 11.3. The fourth-order valence-corrected chi connectivity index (χ4v) is 2.57. The summed E-state index contributed by atoms with van der Waals surface area (Å²) in [6, 6.07) is 7.29. The topological polar surface area (TPSA) is 61.8 Å². The second kappa shape index (κ2) is 11.0. The number of carbonyl (C=O) groups excluding carboxylic acids is 2. The predicted molar refractivity (Wildman–Crippen MR) is 115 cm³/mol. The second-order valence-electron chi connectivity index (χ2n) is 8.96. The van der Waals surface area contributed by atoms with Crippen molar-refractivity contribution in [2.45, 2.75) is 47.3 Å². The van der Waals surface area contributed by atoms with E-state index in [0.29, 0.717) is 5.56 Å². The number of hydrogen-bond donors (Lipinski definition) is 0. The van der Waals surface area contributed by atoms with Crippen LogP contribution in [-0.4, -0.2) is 39.5 Å². The fraction of sp³-hybridized carbons (Fsp3) is 0.545. The van der Waals surface area contributed by atoms with Gasteiger partial charge in [-0.15, -0.1) is 0 Å². The second-order valence-corrected chi connectivity index (χ2v) is 14.4. The SMILES string of the molecule is CC(C)COC(=O)C(=Cc1ccc(OC[Si](C)(C)C)cc1)C(=O)OCC(C)C. The molecule has 0 spiro atoms. The van der Waals surface area contributed by atoms with Crippen molar-refractivity contribution in [1.29, 1.82) is 0 Å². The molecule has 0 fully saturated rings. The molecular weight excluding hydrogens is 372 g/mol. The highest BCUT2D eigenvalue weighted by atomic mass is 28.3. The molecule has 0 heterocycles. The number of ether oxygens (including phenoxy) is 3. The average Bonchev–Trinajstić information content (AvgIpc) is 2.60. The molecule has 0 aliphatic rings. The Morgan fingerprint density at radius 3 is 1.75 bits per heavy atom. The van der Waals surface area contributed by atoms with Crippen LogP contribution in [-0.2, 0) is 19.1 Å². The van der Waals surface area contributed by atoms with Gasteiger partial charge in [-0.05, 0) is 35.6 Å². The van der Waals surface area contributed by atoms with Gasteiger partial charge in [0.15, 0.2) is 0 Å². The zero-order valence-corrected chi connectivity index (χ0v) is 19.2. The van der Waals surface area contributed by atoms with Gasteiger partial charge in [-0.3, -0.25) is 0 Å². The van der Waals surface area contributed by atoms with E-state index in [4.69, 9.17) is 14.2 Å². The largest absolute Gasteiger partial charge is 0.497 e. The van der Waals surface area contributed by atoms with E-state index in [1.54, 1.807) is 0 Å². The van der Waals surface area contributed by atoms with Gasteiger partial charge in [-0.2, -0.15) is 0 Å². The first-order valence-corrected chi connectivity index (χ1v) is 13.5. The number of hydrogen-bond acceptors (Lipinski definition) is 5. The van der Waals surface area contributed by atoms with Crippen molar-refractivity contribution in [3.05, 3.63) is 35.4 Å². The van der Waals surface area contributed by atoms with Gasteiger partial charge in [0, 0.05) is 0 Å². The molecule has 5 nitrogen and oxygen atoms in total. The van der Waals surface area contributed by atoms with Crippen LogP contribution in [0.1, 0.15) is 33.3 Å². The van der Waals surface area contributed by atoms with E-state index >= 15 is 0 Å². The molecule has 0 aliphatic heterocycles. The van der Waals surface area contributed by atoms with Crippen LogP contribution in [0.4, 0.5) is 0 Å². The van der Waals surface area contributed by atoms with Crippen LogP contribution in [0.25, 0.3) is 6.08 Å². The maximum Gasteiger partial charge on any atom is 0.345 e. The summed E-state index contributed by atoms with van der Waals surface area (Å²) in [5.41, 5.74) is 0.607. The zero-order valence-electron chi connectivity index (χ0n) is 18.2. The van der Waals surface area contributed by atoms with Gasteiger partial charge in [-0.1, -0.05) is 59.5 Å². The van der Waals surface area contributed by atoms with Crippen LogP contribution in [0.5, 0.6) is 5.75 Å². The van der Waals surface area contributed by atoms with Gasteiger partial charge in [0.25, 0.3) is 0 Å². The number of rotatable bonds is 10. The first-order chi connectivity index (χ1) is 13.0. The van der Waals surface area contributed by atoms with E-state index in [1.807, 2.05) is 52.0 Å². The van der Waals surface area contributed by atoms with Crippen molar-refractivity contribution >= 4 is 26.1 Å². The summed E-state index contributed by atoms with van der Waals surface area (Å²) in [5.74, 6) is -0.201. The minimum atomic E-state index is -1.30. The van der Waals surface area contributed by atoms with E-state index < -0.39 is 20.0 Å². The van der Waals surface area contributed by atoms with Gasteiger partial charge >= 0.3 is 11.9 Å². The quantitative estimate of drug-likeness (QED) is 0.185. The lowest BCUT2D eigenvalue weighted by atomic mass is 10.1. The maximum absolute atomic E-state index is 12.4. The Morgan fingerprint density at radius 2 is 1.36 bits per heavy atom. The van der Waals surface area contributed by atoms with Gasteiger partial charge in [0.1, 0.15) is 11.3 Å². The Kier molecular flexibility index (Phi) is 9.45. The summed E-state index contributed by atoms with van der Waals surface area (Å²) >= 11 is 0. The van der Waals surface area contributed by atoms with Crippen molar-refractivity contribution in [2.24, 2.45) is 11.8 Å². The summed E-state index contributed by atoms with van der Waals surface area (Å²) in [6.45, 7) is 15.0. The van der Waals surface area contributed by atoms with Gasteiger partial charge in [0.2, 0.25) is 0 Å². The van der Waals surface area contributed by atoms with Crippen LogP contribution in [0.15, 0.2) is 29.8 Å². The van der Waals surface area contributed by atoms with Gasteiger partial charge in [0.05, 0.1) is 27.5 Å². The molecule has 0 radical (unpaired) electrons. The number of benzene rings is 1. The molecule has 0 saturated heterocycles. The lowest BCUT2D eigenvalue weighted by Gasteiger charge is -2.16. The Labute approximate surface area is 170 Å². The Bertz CT molecular complexity index is 643. The van der Waals surface area contributed by atoms with E-state index in [1.165, 1.54) is 6.08 Å². The molecular formula is C22H34O5Si. The molecule has 0 aliphatic carbocycles. The first-order valence-electron chi connectivity index (χ1n) is 9.76. The van der Waals surface area contributed by atoms with E-state index in [9.17, 15) is 9.59 Å². The molecule has 0 bridgehead atoms. The van der Waals surface area contributed by atoms with Crippen LogP contribution >= 0.6 is 0 Å². The molecule has 28 heavy (non-hydrogen) atoms. The molecule has 0 N–H and O–H groups in total. The third kappa shape index (κ3) is 9.74. The summed E-state index contributed by atoms with van der Waals surface area (Å²) in [4.78, 5) is 24.8. The van der Waals surface area contributed by atoms with Crippen molar-refractivity contribution in [2.75, 3.05) is 19.4 Å². The molecule has 1 rings (SSSR count). The Morgan fingerprint density at radius 1 is 0.893 bits per heavy atom. The smallest absolute Gasteiger partial charge is 0.345 e. The zero-order chi connectivity index (χ0) is 21.3. The average molecular weight is 407 g/mol. The van der Waals surface area contributed by atoms with E-state index in [0.717, 1.165) is 12.0 Å². The first kappa shape index (κ1) is 24.0. The highest BCUT2D eigenvalue weighted by Crippen LogP contribution is 2.17. The summed E-state index contributed by atoms with van der Waals surface area (Å²) < 4.78 is 16.3.